The molecule has 17 heavy (non-hydrogen) atoms. The molecule has 0 bridgehead atoms. The minimum Gasteiger partial charge on any atom is -0.338 e. The fraction of sp³-hybridized carbons (Fsp3) is 0.300. The van der Waals surface area contributed by atoms with Gasteiger partial charge >= 0.3 is 0 Å². The van der Waals surface area contributed by atoms with Crippen LogP contribution in [-0.4, -0.2) is 26.1 Å². The standard InChI is InChI=1S/C10H8N4O3/c15-14(16)8-5-6(8)10-12-9(13-17-10)7-3-1-2-4-11-7/h1-4,6,8H,5H2. The Bertz CT molecular complexity index is 554. The van der Waals surface area contributed by atoms with E-state index < -0.39 is 6.04 Å². The third kappa shape index (κ3) is 1.75. The van der Waals surface area contributed by atoms with Gasteiger partial charge in [-0.05, 0) is 12.1 Å². The van der Waals surface area contributed by atoms with E-state index in [2.05, 4.69) is 15.1 Å². The first-order valence-electron chi connectivity index (χ1n) is 5.14. The van der Waals surface area contributed by atoms with Crippen LogP contribution >= 0.6 is 0 Å². The number of aromatic nitrogens is 3. The van der Waals surface area contributed by atoms with E-state index in [0.717, 1.165) is 0 Å². The lowest BCUT2D eigenvalue weighted by Gasteiger charge is -1.89. The molecule has 0 N–H and O–H groups in total. The molecule has 2 aromatic heterocycles. The van der Waals surface area contributed by atoms with Crippen LogP contribution in [0.15, 0.2) is 28.9 Å². The number of hydrogen-bond acceptors (Lipinski definition) is 6. The van der Waals surface area contributed by atoms with Crippen molar-refractivity contribution in [2.45, 2.75) is 18.4 Å². The van der Waals surface area contributed by atoms with Crippen molar-refractivity contribution in [3.05, 3.63) is 40.4 Å². The molecule has 86 valence electrons. The molecule has 7 nitrogen and oxygen atoms in total. The zero-order chi connectivity index (χ0) is 11.8. The Balaban J connectivity index is 1.83. The van der Waals surface area contributed by atoms with Gasteiger partial charge in [0.2, 0.25) is 17.8 Å². The molecule has 0 aliphatic heterocycles. The Morgan fingerprint density at radius 2 is 2.35 bits per heavy atom. The summed E-state index contributed by atoms with van der Waals surface area (Å²) >= 11 is 0. The molecule has 1 fully saturated rings. The molecule has 7 heteroatoms. The quantitative estimate of drug-likeness (QED) is 0.584. The highest BCUT2D eigenvalue weighted by Gasteiger charge is 2.53. The van der Waals surface area contributed by atoms with E-state index in [1.165, 1.54) is 0 Å². The Kier molecular flexibility index (Phi) is 2.10. The largest absolute Gasteiger partial charge is 0.338 e. The van der Waals surface area contributed by atoms with Gasteiger partial charge in [0.05, 0.1) is 0 Å². The molecular weight excluding hydrogens is 224 g/mol. The first-order valence-corrected chi connectivity index (χ1v) is 5.14. The summed E-state index contributed by atoms with van der Waals surface area (Å²) in [5.74, 6) is 0.455. The Hall–Kier alpha value is -2.31. The van der Waals surface area contributed by atoms with Crippen molar-refractivity contribution in [3.63, 3.8) is 0 Å². The molecule has 1 aliphatic rings. The van der Waals surface area contributed by atoms with Crippen LogP contribution in [0.2, 0.25) is 0 Å². The molecule has 0 spiro atoms. The topological polar surface area (TPSA) is 95.0 Å². The predicted octanol–water partition coefficient (Wildman–Crippen LogP) is 1.26. The summed E-state index contributed by atoms with van der Waals surface area (Å²) in [6, 6.07) is 4.78. The van der Waals surface area contributed by atoms with Gasteiger partial charge in [-0.25, -0.2) is 0 Å². The van der Waals surface area contributed by atoms with Crippen LogP contribution in [0, 0.1) is 10.1 Å². The number of nitro groups is 1. The third-order valence-corrected chi connectivity index (χ3v) is 2.68. The van der Waals surface area contributed by atoms with E-state index in [1.807, 2.05) is 6.07 Å². The second kappa shape index (κ2) is 3.62. The molecule has 2 aromatic rings. The molecule has 3 rings (SSSR count). The average Bonchev–Trinajstić information content (AvgIpc) is 3.01. The fourth-order valence-corrected chi connectivity index (χ4v) is 1.66. The van der Waals surface area contributed by atoms with E-state index in [4.69, 9.17) is 4.52 Å². The molecule has 0 aromatic carbocycles. The van der Waals surface area contributed by atoms with Crippen molar-refractivity contribution in [1.82, 2.24) is 15.1 Å². The summed E-state index contributed by atoms with van der Waals surface area (Å²) in [5.41, 5.74) is 0.598. The van der Waals surface area contributed by atoms with Crippen molar-refractivity contribution in [1.29, 1.82) is 0 Å². The highest BCUT2D eigenvalue weighted by atomic mass is 16.6. The molecule has 2 heterocycles. The average molecular weight is 232 g/mol. The summed E-state index contributed by atoms with van der Waals surface area (Å²) < 4.78 is 5.02. The van der Waals surface area contributed by atoms with Crippen LogP contribution in [0.4, 0.5) is 0 Å². The maximum Gasteiger partial charge on any atom is 0.237 e. The Labute approximate surface area is 95.6 Å². The predicted molar refractivity (Wildman–Crippen MR) is 55.7 cm³/mol. The van der Waals surface area contributed by atoms with Gasteiger partial charge < -0.3 is 4.52 Å². The van der Waals surface area contributed by atoms with Crippen molar-refractivity contribution in [2.24, 2.45) is 0 Å². The monoisotopic (exact) mass is 232 g/mol. The second-order valence-electron chi connectivity index (χ2n) is 3.87. The molecular formula is C10H8N4O3. The van der Waals surface area contributed by atoms with Gasteiger partial charge in [-0.15, -0.1) is 0 Å². The van der Waals surface area contributed by atoms with Gasteiger partial charge in [-0.1, -0.05) is 11.2 Å². The molecule has 2 atom stereocenters. The maximum atomic E-state index is 10.5. The summed E-state index contributed by atoms with van der Waals surface area (Å²) in [4.78, 5) is 18.4. The van der Waals surface area contributed by atoms with Crippen molar-refractivity contribution < 1.29 is 9.45 Å². The molecule has 1 aliphatic carbocycles. The molecule has 0 saturated heterocycles. The third-order valence-electron chi connectivity index (χ3n) is 2.68. The number of hydrogen-bond donors (Lipinski definition) is 0. The van der Waals surface area contributed by atoms with Crippen molar-refractivity contribution in [3.8, 4) is 11.5 Å². The Morgan fingerprint density at radius 1 is 1.47 bits per heavy atom. The maximum absolute atomic E-state index is 10.5. The van der Waals surface area contributed by atoms with Gasteiger partial charge in [0.25, 0.3) is 0 Å². The highest BCUT2D eigenvalue weighted by Crippen LogP contribution is 2.42. The van der Waals surface area contributed by atoms with Crippen LogP contribution in [0.25, 0.3) is 11.5 Å². The van der Waals surface area contributed by atoms with E-state index in [9.17, 15) is 10.1 Å². The molecule has 2 unspecified atom stereocenters. The smallest absolute Gasteiger partial charge is 0.237 e. The minimum absolute atomic E-state index is 0.241. The fourth-order valence-electron chi connectivity index (χ4n) is 1.66. The second-order valence-corrected chi connectivity index (χ2v) is 3.87. The summed E-state index contributed by atoms with van der Waals surface area (Å²) in [7, 11) is 0. The lowest BCUT2D eigenvalue weighted by Crippen LogP contribution is -2.02. The summed E-state index contributed by atoms with van der Waals surface area (Å²) in [6.07, 6.45) is 2.10. The van der Waals surface area contributed by atoms with E-state index in [0.29, 0.717) is 23.8 Å². The number of nitrogens with zero attached hydrogens (tertiary/aromatic N) is 4. The van der Waals surface area contributed by atoms with Crippen LogP contribution in [0.3, 0.4) is 0 Å². The highest BCUT2D eigenvalue weighted by molar-refractivity contribution is 5.47. The van der Waals surface area contributed by atoms with Crippen LogP contribution in [-0.2, 0) is 0 Å². The van der Waals surface area contributed by atoms with Crippen LogP contribution in [0.1, 0.15) is 18.2 Å². The molecule has 0 radical (unpaired) electrons. The summed E-state index contributed by atoms with van der Waals surface area (Å²) in [6.45, 7) is 0. The SMILES string of the molecule is O=[N+]([O-])C1CC1c1nc(-c2ccccn2)no1. The molecule has 0 amide bonds. The van der Waals surface area contributed by atoms with Gasteiger partial charge in [0.1, 0.15) is 11.6 Å². The summed E-state index contributed by atoms with van der Waals surface area (Å²) in [5, 5.41) is 14.3. The van der Waals surface area contributed by atoms with Crippen molar-refractivity contribution in [2.75, 3.05) is 0 Å². The zero-order valence-corrected chi connectivity index (χ0v) is 8.68. The Morgan fingerprint density at radius 3 is 3.00 bits per heavy atom. The number of rotatable bonds is 3. The van der Waals surface area contributed by atoms with Gasteiger partial charge in [-0.2, -0.15) is 4.98 Å². The van der Waals surface area contributed by atoms with E-state index in [-0.39, 0.29) is 10.8 Å². The normalized spacial score (nSPS) is 22.4. The van der Waals surface area contributed by atoms with E-state index in [1.54, 1.807) is 18.3 Å². The van der Waals surface area contributed by atoms with Crippen molar-refractivity contribution >= 4 is 0 Å². The van der Waals surface area contributed by atoms with Gasteiger partial charge in [0.15, 0.2) is 0 Å². The minimum atomic E-state index is -0.577. The number of pyridine rings is 1. The zero-order valence-electron chi connectivity index (χ0n) is 8.68. The molecule has 1 saturated carbocycles. The first-order chi connectivity index (χ1) is 8.25. The lowest BCUT2D eigenvalue weighted by molar-refractivity contribution is -0.496. The first kappa shape index (κ1) is 9.88. The van der Waals surface area contributed by atoms with Crippen LogP contribution in [0.5, 0.6) is 0 Å². The van der Waals surface area contributed by atoms with E-state index >= 15 is 0 Å². The van der Waals surface area contributed by atoms with Crippen LogP contribution < -0.4 is 0 Å². The van der Waals surface area contributed by atoms with Gasteiger partial charge in [-0.3, -0.25) is 15.1 Å². The van der Waals surface area contributed by atoms with Gasteiger partial charge in [0, 0.05) is 17.5 Å². The lowest BCUT2D eigenvalue weighted by atomic mass is 10.3.